The van der Waals surface area contributed by atoms with Gasteiger partial charge in [-0.2, -0.15) is 0 Å². The first-order valence-electron chi connectivity index (χ1n) is 7.13. The maximum atomic E-state index is 9.87. The fraction of sp³-hybridized carbons (Fsp3) is 0.111. The predicted molar refractivity (Wildman–Crippen MR) is 87.4 cm³/mol. The van der Waals surface area contributed by atoms with Gasteiger partial charge in [-0.1, -0.05) is 36.4 Å². The number of hydrogen-bond acceptors (Lipinski definition) is 4. The number of aliphatic hydroxyl groups excluding tert-OH is 1. The summed E-state index contributed by atoms with van der Waals surface area (Å²) < 4.78 is 11.5. The highest BCUT2D eigenvalue weighted by Gasteiger charge is 2.19. The number of ether oxygens (including phenoxy) is 1. The number of benzene rings is 2. The minimum atomic E-state index is -0.241. The Bertz CT molecular complexity index is 905. The van der Waals surface area contributed by atoms with Crippen LogP contribution >= 0.6 is 0 Å². The van der Waals surface area contributed by atoms with Crippen molar-refractivity contribution >= 4 is 16.7 Å². The molecule has 3 aromatic rings. The van der Waals surface area contributed by atoms with Gasteiger partial charge in [-0.15, -0.1) is 0 Å². The fourth-order valence-electron chi connectivity index (χ4n) is 2.48. The summed E-state index contributed by atoms with van der Waals surface area (Å²) in [6.45, 7) is 2.26. The summed E-state index contributed by atoms with van der Waals surface area (Å²) in [5, 5.41) is 19.2. The topological polar surface area (TPSA) is 70.8 Å². The number of nitrogens with zero attached hydrogens (tertiary/aromatic N) is 2. The van der Waals surface area contributed by atoms with E-state index in [0.29, 0.717) is 17.9 Å². The van der Waals surface area contributed by atoms with Gasteiger partial charge in [-0.25, -0.2) is 0 Å². The molecule has 0 aliphatic carbocycles. The van der Waals surface area contributed by atoms with E-state index in [9.17, 15) is 5.11 Å². The zero-order chi connectivity index (χ0) is 16.2. The highest BCUT2D eigenvalue weighted by Crippen LogP contribution is 2.35. The molecule has 1 N–H and O–H groups in total. The number of rotatable bonds is 4. The van der Waals surface area contributed by atoms with Crippen LogP contribution in [0.5, 0.6) is 5.75 Å². The molecular weight excluding hydrogens is 292 g/mol. The summed E-state index contributed by atoms with van der Waals surface area (Å²) in [6.07, 6.45) is 0.926. The smallest absolute Gasteiger partial charge is 0.395 e. The van der Waals surface area contributed by atoms with E-state index in [1.165, 1.54) is 0 Å². The number of aryl methyl sites for hydroxylation is 1. The van der Waals surface area contributed by atoms with E-state index in [1.54, 1.807) is 6.07 Å². The van der Waals surface area contributed by atoms with Gasteiger partial charge in [-0.3, -0.25) is 0 Å². The monoisotopic (exact) mass is 307 g/mol. The third-order valence-corrected chi connectivity index (χ3v) is 3.57. The van der Waals surface area contributed by atoms with Crippen molar-refractivity contribution in [3.63, 3.8) is 0 Å². The van der Waals surface area contributed by atoms with Crippen molar-refractivity contribution in [1.82, 2.24) is 0 Å². The van der Waals surface area contributed by atoms with Crippen LogP contribution in [0.4, 0.5) is 0 Å². The quantitative estimate of drug-likeness (QED) is 0.542. The second-order valence-corrected chi connectivity index (χ2v) is 5.09. The Balaban J connectivity index is 1.98. The first-order valence-corrected chi connectivity index (χ1v) is 7.13. The van der Waals surface area contributed by atoms with Gasteiger partial charge in [0, 0.05) is 5.56 Å². The Morgan fingerprint density at radius 3 is 2.74 bits per heavy atom. The highest BCUT2D eigenvalue weighted by molar-refractivity contribution is 5.90. The summed E-state index contributed by atoms with van der Waals surface area (Å²) in [5.74, 6) is 0.691. The molecule has 3 rings (SSSR count). The second kappa shape index (κ2) is 6.24. The third-order valence-electron chi connectivity index (χ3n) is 3.57. The first-order chi connectivity index (χ1) is 11.2. The molecule has 0 saturated carbocycles. The predicted octanol–water partition coefficient (Wildman–Crippen LogP) is 5.03. The van der Waals surface area contributed by atoms with Crippen LogP contribution in [0.25, 0.3) is 21.7 Å². The molecule has 1 heterocycles. The van der Waals surface area contributed by atoms with E-state index in [-0.39, 0.29) is 11.5 Å². The van der Waals surface area contributed by atoms with E-state index < -0.39 is 0 Å². The van der Waals surface area contributed by atoms with Crippen molar-refractivity contribution in [2.24, 2.45) is 0 Å². The zero-order valence-electron chi connectivity index (χ0n) is 12.6. The van der Waals surface area contributed by atoms with Gasteiger partial charge in [0.2, 0.25) is 11.2 Å². The maximum absolute atomic E-state index is 9.87. The van der Waals surface area contributed by atoms with E-state index in [2.05, 4.69) is 4.98 Å². The molecule has 1 aromatic heterocycles. The van der Waals surface area contributed by atoms with Crippen LogP contribution in [0, 0.1) is 12.3 Å². The van der Waals surface area contributed by atoms with E-state index >= 15 is 0 Å². The van der Waals surface area contributed by atoms with Crippen LogP contribution in [-0.2, 0) is 6.61 Å². The molecule has 0 saturated heterocycles. The molecule has 0 spiro atoms. The van der Waals surface area contributed by atoms with Crippen LogP contribution in [-0.4, -0.2) is 5.11 Å². The van der Waals surface area contributed by atoms with Gasteiger partial charge in [0.05, 0.1) is 5.39 Å². The summed E-state index contributed by atoms with van der Waals surface area (Å²) in [7, 11) is 0. The molecule has 0 radical (unpaired) electrons. The van der Waals surface area contributed by atoms with Crippen molar-refractivity contribution in [3.05, 3.63) is 76.6 Å². The van der Waals surface area contributed by atoms with Gasteiger partial charge in [-0.05, 0) is 24.6 Å². The molecule has 0 aliphatic rings. The molecule has 23 heavy (non-hydrogen) atoms. The van der Waals surface area contributed by atoms with Crippen LogP contribution < -0.4 is 4.74 Å². The van der Waals surface area contributed by atoms with Gasteiger partial charge >= 0.3 is 6.20 Å². The largest absolute Gasteiger partial charge is 0.499 e. The molecule has 0 atom stereocenters. The number of aliphatic hydroxyl groups is 1. The molecule has 0 bridgehead atoms. The van der Waals surface area contributed by atoms with Crippen LogP contribution in [0.1, 0.15) is 16.9 Å². The van der Waals surface area contributed by atoms with Crippen molar-refractivity contribution in [1.29, 1.82) is 5.39 Å². The minimum absolute atomic E-state index is 0.241. The van der Waals surface area contributed by atoms with Gasteiger partial charge in [0.1, 0.15) is 17.9 Å². The molecule has 0 unspecified atom stereocenters. The Kier molecular flexibility index (Phi) is 3.98. The number of diazo groups is 1. The van der Waals surface area contributed by atoms with Crippen molar-refractivity contribution in [3.8, 4) is 5.75 Å². The van der Waals surface area contributed by atoms with Crippen LogP contribution in [0.3, 0.4) is 0 Å². The molecule has 5 nitrogen and oxygen atoms in total. The van der Waals surface area contributed by atoms with E-state index in [4.69, 9.17) is 14.5 Å². The number of fused-ring (bicyclic) bond motifs is 1. The third kappa shape index (κ3) is 2.87. The average molecular weight is 307 g/mol. The molecular formula is C18H15N2O3+. The van der Waals surface area contributed by atoms with Crippen molar-refractivity contribution in [2.75, 3.05) is 0 Å². The van der Waals surface area contributed by atoms with Crippen LogP contribution in [0.15, 0.2) is 59.1 Å². The summed E-state index contributed by atoms with van der Waals surface area (Å²) >= 11 is 0. The molecule has 5 heteroatoms. The zero-order valence-corrected chi connectivity index (χ0v) is 12.6. The van der Waals surface area contributed by atoms with Gasteiger partial charge < -0.3 is 14.3 Å². The highest BCUT2D eigenvalue weighted by atomic mass is 16.5. The van der Waals surface area contributed by atoms with E-state index in [0.717, 1.165) is 22.7 Å². The first kappa shape index (κ1) is 14.7. The second-order valence-electron chi connectivity index (χ2n) is 5.09. The number of hydrogen-bond donors (Lipinski definition) is 1. The minimum Gasteiger partial charge on any atom is -0.499 e. The van der Waals surface area contributed by atoms with Crippen LogP contribution in [0.2, 0.25) is 0 Å². The van der Waals surface area contributed by atoms with Crippen molar-refractivity contribution < 1.29 is 14.3 Å². The summed E-state index contributed by atoms with van der Waals surface area (Å²) in [6, 6.07) is 15.3. The molecule has 0 amide bonds. The molecule has 114 valence electrons. The lowest BCUT2D eigenvalue weighted by Crippen LogP contribution is -1.95. The Hall–Kier alpha value is -3.26. The summed E-state index contributed by atoms with van der Waals surface area (Å²) in [4.78, 5) is 2.82. The molecule has 0 fully saturated rings. The molecule has 0 aliphatic heterocycles. The lowest BCUT2D eigenvalue weighted by molar-refractivity contribution is 0.310. The van der Waals surface area contributed by atoms with Gasteiger partial charge in [0.25, 0.3) is 0 Å². The average Bonchev–Trinajstić information content (AvgIpc) is 2.92. The standard InChI is InChI=1S/C18H14N2O3/c1-12-17-15(22-11-13-6-3-2-4-7-13)8-5-9-16(17)23-18(12)14(21)10-20-19/h2-10H,11H2,1H3/p+1/b14-10+. The maximum Gasteiger partial charge on any atom is 0.395 e. The Morgan fingerprint density at radius 1 is 1.22 bits per heavy atom. The fourth-order valence-corrected chi connectivity index (χ4v) is 2.48. The Labute approximate surface area is 133 Å². The summed E-state index contributed by atoms with van der Waals surface area (Å²) in [5.41, 5.74) is 2.38. The van der Waals surface area contributed by atoms with Crippen molar-refractivity contribution in [2.45, 2.75) is 13.5 Å². The Morgan fingerprint density at radius 2 is 2.00 bits per heavy atom. The lowest BCUT2D eigenvalue weighted by atomic mass is 10.1. The van der Waals surface area contributed by atoms with Gasteiger partial charge in [0.15, 0.2) is 10.7 Å². The molecule has 2 aromatic carbocycles. The van der Waals surface area contributed by atoms with E-state index in [1.807, 2.05) is 49.4 Å². The number of furan rings is 1. The SMILES string of the molecule is Cc1c(/C(O)=C\[N+]#N)oc2cccc(OCc3ccccc3)c12. The normalized spacial score (nSPS) is 11.4. The lowest BCUT2D eigenvalue weighted by Gasteiger charge is -2.07.